The summed E-state index contributed by atoms with van der Waals surface area (Å²) in [7, 11) is 0. The van der Waals surface area contributed by atoms with Crippen molar-refractivity contribution < 1.29 is 19.1 Å². The van der Waals surface area contributed by atoms with Gasteiger partial charge in [0.1, 0.15) is 5.69 Å². The number of amides is 2. The third-order valence-electron chi connectivity index (χ3n) is 4.35. The number of benzene rings is 1. The van der Waals surface area contributed by atoms with Gasteiger partial charge in [0.2, 0.25) is 0 Å². The lowest BCUT2D eigenvalue weighted by atomic mass is 10.1. The van der Waals surface area contributed by atoms with Crippen molar-refractivity contribution in [3.8, 4) is 0 Å². The fourth-order valence-electron chi connectivity index (χ4n) is 2.82. The van der Waals surface area contributed by atoms with Gasteiger partial charge < -0.3 is 15.4 Å². The second kappa shape index (κ2) is 10.1. The zero-order valence-electron chi connectivity index (χ0n) is 17.2. The molecule has 0 aliphatic carbocycles. The number of nitrogens with one attached hydrogen (secondary N) is 2. The normalized spacial score (nSPS) is 10.3. The summed E-state index contributed by atoms with van der Waals surface area (Å²) in [6.07, 6.45) is 1.66. The van der Waals surface area contributed by atoms with Crippen molar-refractivity contribution in [2.45, 2.75) is 20.4 Å². The maximum absolute atomic E-state index is 12.6. The largest absolute Gasteiger partial charge is 0.462 e. The highest BCUT2D eigenvalue weighted by molar-refractivity contribution is 6.04. The van der Waals surface area contributed by atoms with Gasteiger partial charge in [-0.1, -0.05) is 12.1 Å². The van der Waals surface area contributed by atoms with Crippen LogP contribution in [0.25, 0.3) is 0 Å². The van der Waals surface area contributed by atoms with Crippen LogP contribution in [0.2, 0.25) is 0 Å². The lowest BCUT2D eigenvalue weighted by Crippen LogP contribution is -2.23. The Balaban J connectivity index is 1.66. The maximum atomic E-state index is 12.6. The van der Waals surface area contributed by atoms with E-state index in [-0.39, 0.29) is 18.2 Å². The molecule has 0 spiro atoms. The van der Waals surface area contributed by atoms with Crippen LogP contribution in [-0.4, -0.2) is 34.4 Å². The molecule has 2 heterocycles. The van der Waals surface area contributed by atoms with Gasteiger partial charge in [0.25, 0.3) is 11.8 Å². The number of esters is 1. The fraction of sp³-hybridized carbons (Fsp3) is 0.174. The van der Waals surface area contributed by atoms with Gasteiger partial charge in [0.15, 0.2) is 0 Å². The standard InChI is InChI=1S/C23H22N4O4/c1-3-31-23(30)19-10-11-20(26-15(19)2)22(29)27-17-9-6-7-16(13-17)21(28)25-14-18-8-4-5-12-24-18/h4-13H,3,14H2,1-2H3,(H,25,28)(H,27,29). The number of nitrogens with zero attached hydrogens (tertiary/aromatic N) is 2. The highest BCUT2D eigenvalue weighted by Gasteiger charge is 2.15. The average Bonchev–Trinajstić information content (AvgIpc) is 2.78. The maximum Gasteiger partial charge on any atom is 0.339 e. The van der Waals surface area contributed by atoms with Crippen LogP contribution in [0.4, 0.5) is 5.69 Å². The Labute approximate surface area is 179 Å². The van der Waals surface area contributed by atoms with Crippen LogP contribution >= 0.6 is 0 Å². The molecule has 3 aromatic rings. The van der Waals surface area contributed by atoms with E-state index in [4.69, 9.17) is 4.74 Å². The number of rotatable bonds is 7. The molecule has 2 aromatic heterocycles. The first-order valence-corrected chi connectivity index (χ1v) is 9.72. The highest BCUT2D eigenvalue weighted by atomic mass is 16.5. The predicted molar refractivity (Wildman–Crippen MR) is 115 cm³/mol. The summed E-state index contributed by atoms with van der Waals surface area (Å²) in [5.74, 6) is -1.22. The molecule has 0 saturated heterocycles. The number of anilines is 1. The van der Waals surface area contributed by atoms with Crippen molar-refractivity contribution in [3.63, 3.8) is 0 Å². The van der Waals surface area contributed by atoms with Crippen LogP contribution in [-0.2, 0) is 11.3 Å². The van der Waals surface area contributed by atoms with Gasteiger partial charge in [-0.05, 0) is 56.3 Å². The molecule has 0 bridgehead atoms. The van der Waals surface area contributed by atoms with Crippen LogP contribution in [0.3, 0.4) is 0 Å². The van der Waals surface area contributed by atoms with Gasteiger partial charge in [-0.25, -0.2) is 9.78 Å². The fourth-order valence-corrected chi connectivity index (χ4v) is 2.82. The molecule has 31 heavy (non-hydrogen) atoms. The molecule has 0 atom stereocenters. The van der Waals surface area contributed by atoms with Crippen LogP contribution in [0.5, 0.6) is 0 Å². The Morgan fingerprint density at radius 3 is 2.55 bits per heavy atom. The third kappa shape index (κ3) is 5.72. The molecule has 8 heteroatoms. The molecule has 0 aliphatic rings. The molecule has 0 saturated carbocycles. The van der Waals surface area contributed by atoms with Gasteiger partial charge in [-0.15, -0.1) is 0 Å². The van der Waals surface area contributed by atoms with E-state index in [0.29, 0.717) is 29.1 Å². The molecule has 2 amide bonds. The van der Waals surface area contributed by atoms with Gasteiger partial charge in [-0.3, -0.25) is 14.6 Å². The SMILES string of the molecule is CCOC(=O)c1ccc(C(=O)Nc2cccc(C(=O)NCc3ccccn3)c2)nc1C. The van der Waals surface area contributed by atoms with Crippen molar-refractivity contribution in [2.75, 3.05) is 11.9 Å². The lowest BCUT2D eigenvalue weighted by molar-refractivity contribution is 0.0524. The van der Waals surface area contributed by atoms with Crippen molar-refractivity contribution in [1.82, 2.24) is 15.3 Å². The quantitative estimate of drug-likeness (QED) is 0.571. The van der Waals surface area contributed by atoms with Gasteiger partial charge in [-0.2, -0.15) is 0 Å². The molecule has 8 nitrogen and oxygen atoms in total. The summed E-state index contributed by atoms with van der Waals surface area (Å²) < 4.78 is 4.97. The van der Waals surface area contributed by atoms with E-state index in [1.54, 1.807) is 50.4 Å². The molecule has 0 unspecified atom stereocenters. The molecule has 158 valence electrons. The van der Waals surface area contributed by atoms with E-state index in [0.717, 1.165) is 5.69 Å². The Bertz CT molecular complexity index is 1100. The van der Waals surface area contributed by atoms with E-state index in [2.05, 4.69) is 20.6 Å². The molecule has 0 fully saturated rings. The van der Waals surface area contributed by atoms with E-state index < -0.39 is 11.9 Å². The highest BCUT2D eigenvalue weighted by Crippen LogP contribution is 2.14. The number of hydrogen-bond donors (Lipinski definition) is 2. The second-order valence-electron chi connectivity index (χ2n) is 6.59. The minimum Gasteiger partial charge on any atom is -0.462 e. The molecular weight excluding hydrogens is 396 g/mol. The zero-order valence-corrected chi connectivity index (χ0v) is 17.2. The van der Waals surface area contributed by atoms with Crippen LogP contribution < -0.4 is 10.6 Å². The molecular formula is C23H22N4O4. The predicted octanol–water partition coefficient (Wildman–Crippen LogP) is 3.14. The number of carbonyl (C=O) groups excluding carboxylic acids is 3. The minimum atomic E-state index is -0.483. The lowest BCUT2D eigenvalue weighted by Gasteiger charge is -2.09. The van der Waals surface area contributed by atoms with Gasteiger partial charge >= 0.3 is 5.97 Å². The number of aryl methyl sites for hydroxylation is 1. The number of pyridine rings is 2. The molecule has 0 aliphatic heterocycles. The van der Waals surface area contributed by atoms with E-state index in [1.807, 2.05) is 12.1 Å². The first-order chi connectivity index (χ1) is 15.0. The summed E-state index contributed by atoms with van der Waals surface area (Å²) in [6, 6.07) is 15.0. The summed E-state index contributed by atoms with van der Waals surface area (Å²) in [5.41, 5.74) is 2.45. The monoisotopic (exact) mass is 418 g/mol. The van der Waals surface area contributed by atoms with Crippen molar-refractivity contribution >= 4 is 23.5 Å². The first kappa shape index (κ1) is 21.6. The number of hydrogen-bond acceptors (Lipinski definition) is 6. The molecule has 0 radical (unpaired) electrons. The number of ether oxygens (including phenoxy) is 1. The van der Waals surface area contributed by atoms with Gasteiger partial charge in [0, 0.05) is 17.4 Å². The smallest absolute Gasteiger partial charge is 0.339 e. The zero-order chi connectivity index (χ0) is 22.2. The third-order valence-corrected chi connectivity index (χ3v) is 4.35. The Kier molecular flexibility index (Phi) is 7.05. The van der Waals surface area contributed by atoms with Crippen molar-refractivity contribution in [3.05, 3.63) is 89.0 Å². The van der Waals surface area contributed by atoms with Crippen LogP contribution in [0.15, 0.2) is 60.8 Å². The molecule has 2 N–H and O–H groups in total. The number of carbonyl (C=O) groups is 3. The Hall–Kier alpha value is -4.07. The number of aromatic nitrogens is 2. The topological polar surface area (TPSA) is 110 Å². The van der Waals surface area contributed by atoms with Crippen LogP contribution in [0, 0.1) is 6.92 Å². The van der Waals surface area contributed by atoms with E-state index in [9.17, 15) is 14.4 Å². The molecule has 1 aromatic carbocycles. The molecule has 3 rings (SSSR count). The van der Waals surface area contributed by atoms with Crippen molar-refractivity contribution in [2.24, 2.45) is 0 Å². The summed E-state index contributed by atoms with van der Waals surface area (Å²) in [4.78, 5) is 45.2. The Morgan fingerprint density at radius 2 is 1.84 bits per heavy atom. The summed E-state index contributed by atoms with van der Waals surface area (Å²) in [5, 5.41) is 5.51. The van der Waals surface area contributed by atoms with E-state index >= 15 is 0 Å². The van der Waals surface area contributed by atoms with Crippen LogP contribution in [0.1, 0.15) is 49.5 Å². The second-order valence-corrected chi connectivity index (χ2v) is 6.59. The van der Waals surface area contributed by atoms with E-state index in [1.165, 1.54) is 12.1 Å². The van der Waals surface area contributed by atoms with Crippen molar-refractivity contribution in [1.29, 1.82) is 0 Å². The first-order valence-electron chi connectivity index (χ1n) is 9.72. The Morgan fingerprint density at radius 1 is 1.00 bits per heavy atom. The minimum absolute atomic E-state index is 0.149. The van der Waals surface area contributed by atoms with Gasteiger partial charge in [0.05, 0.1) is 30.1 Å². The summed E-state index contributed by atoms with van der Waals surface area (Å²) >= 11 is 0. The average molecular weight is 418 g/mol. The summed E-state index contributed by atoms with van der Waals surface area (Å²) in [6.45, 7) is 3.91.